The van der Waals surface area contributed by atoms with E-state index in [0.29, 0.717) is 23.4 Å². The van der Waals surface area contributed by atoms with Crippen LogP contribution >= 0.6 is 21.6 Å². The second kappa shape index (κ2) is 8.45. The van der Waals surface area contributed by atoms with Gasteiger partial charge in [-0.15, -0.1) is 0 Å². The van der Waals surface area contributed by atoms with Gasteiger partial charge in [-0.05, 0) is 45.9 Å². The number of amidine groups is 2. The van der Waals surface area contributed by atoms with Crippen molar-refractivity contribution in [2.24, 2.45) is 9.98 Å². The molecule has 0 radical (unpaired) electrons. The van der Waals surface area contributed by atoms with Gasteiger partial charge in [0, 0.05) is 12.1 Å². The first kappa shape index (κ1) is 18.6. The van der Waals surface area contributed by atoms with Gasteiger partial charge in [-0.25, -0.2) is 17.6 Å². The van der Waals surface area contributed by atoms with E-state index in [0.717, 1.165) is 45.9 Å². The normalized spacial score (nSPS) is 14.8. The van der Waals surface area contributed by atoms with Gasteiger partial charge in [0.05, 0.1) is 24.5 Å². The number of hydrogen-bond donors (Lipinski definition) is 2. The Morgan fingerprint density at radius 3 is 1.50 bits per heavy atom. The molecule has 1 aliphatic heterocycles. The first-order valence-electron chi connectivity index (χ1n) is 7.39. The highest BCUT2D eigenvalue weighted by atomic mass is 33.1. The third kappa shape index (κ3) is 4.92. The van der Waals surface area contributed by atoms with Gasteiger partial charge in [-0.3, -0.25) is 9.98 Å². The zero-order chi connectivity index (χ0) is 18.5. The lowest BCUT2D eigenvalue weighted by Crippen LogP contribution is -2.15. The third-order valence-corrected chi connectivity index (χ3v) is 5.21. The molecule has 1 heterocycles. The summed E-state index contributed by atoms with van der Waals surface area (Å²) >= 11 is 0. The van der Waals surface area contributed by atoms with Crippen molar-refractivity contribution in [1.29, 1.82) is 0 Å². The average molecular weight is 400 g/mol. The molecule has 3 rings (SSSR count). The number of anilines is 2. The molecule has 26 heavy (non-hydrogen) atoms. The third-order valence-electron chi connectivity index (χ3n) is 3.16. The molecule has 0 unspecified atom stereocenters. The van der Waals surface area contributed by atoms with Crippen molar-refractivity contribution in [2.45, 2.75) is 0 Å². The van der Waals surface area contributed by atoms with Crippen LogP contribution in [0, 0.1) is 23.3 Å². The standard InChI is InChI=1S/C16H12F4N4S2/c17-9-1-3-13(11(19)7-9)23-15-21-5-6-22-16(26-25-15)24-14-4-2-10(18)8-12(14)20/h1-4,7-8H,5-6H2,(H,21,23)(H,22,24). The molecule has 10 heteroatoms. The summed E-state index contributed by atoms with van der Waals surface area (Å²) in [6.45, 7) is 0.658. The van der Waals surface area contributed by atoms with Crippen molar-refractivity contribution in [3.05, 3.63) is 59.7 Å². The first-order valence-corrected chi connectivity index (χ1v) is 9.54. The lowest BCUT2D eigenvalue weighted by molar-refractivity contribution is 0.585. The van der Waals surface area contributed by atoms with Crippen LogP contribution in [-0.2, 0) is 0 Å². The van der Waals surface area contributed by atoms with Crippen LogP contribution in [0.5, 0.6) is 0 Å². The summed E-state index contributed by atoms with van der Waals surface area (Å²) in [5.41, 5.74) is 0.185. The maximum absolute atomic E-state index is 13.7. The van der Waals surface area contributed by atoms with E-state index in [9.17, 15) is 17.6 Å². The maximum atomic E-state index is 13.7. The highest BCUT2D eigenvalue weighted by Crippen LogP contribution is 2.29. The van der Waals surface area contributed by atoms with E-state index in [4.69, 9.17) is 0 Å². The highest BCUT2D eigenvalue weighted by molar-refractivity contribution is 8.87. The zero-order valence-electron chi connectivity index (χ0n) is 13.1. The van der Waals surface area contributed by atoms with Crippen LogP contribution in [0.25, 0.3) is 0 Å². The smallest absolute Gasteiger partial charge is 0.172 e. The van der Waals surface area contributed by atoms with Gasteiger partial charge < -0.3 is 10.6 Å². The summed E-state index contributed by atoms with van der Waals surface area (Å²) in [6, 6.07) is 6.37. The lowest BCUT2D eigenvalue weighted by Gasteiger charge is -2.14. The molecule has 2 N–H and O–H groups in total. The lowest BCUT2D eigenvalue weighted by atomic mass is 10.3. The van der Waals surface area contributed by atoms with E-state index in [1.54, 1.807) is 0 Å². The van der Waals surface area contributed by atoms with Gasteiger partial charge in [0.15, 0.2) is 10.3 Å². The Bertz CT molecular complexity index is 802. The Hall–Kier alpha value is -2.20. The number of nitrogens with zero attached hydrogens (tertiary/aromatic N) is 2. The Balaban J connectivity index is 1.66. The quantitative estimate of drug-likeness (QED) is 0.558. The van der Waals surface area contributed by atoms with Gasteiger partial charge in [0.1, 0.15) is 23.3 Å². The van der Waals surface area contributed by atoms with Crippen molar-refractivity contribution in [2.75, 3.05) is 23.7 Å². The predicted octanol–water partition coefficient (Wildman–Crippen LogP) is 4.87. The summed E-state index contributed by atoms with van der Waals surface area (Å²) in [7, 11) is 2.29. The molecule has 0 spiro atoms. The minimum atomic E-state index is -0.735. The van der Waals surface area contributed by atoms with Crippen molar-refractivity contribution in [1.82, 2.24) is 0 Å². The molecule has 2 aromatic carbocycles. The molecule has 0 saturated heterocycles. The molecule has 0 saturated carbocycles. The number of aliphatic imine (C=N–C) groups is 2. The van der Waals surface area contributed by atoms with E-state index in [-0.39, 0.29) is 11.4 Å². The zero-order valence-corrected chi connectivity index (χ0v) is 14.7. The maximum Gasteiger partial charge on any atom is 0.172 e. The topological polar surface area (TPSA) is 48.8 Å². The van der Waals surface area contributed by atoms with Crippen LogP contribution in [-0.4, -0.2) is 23.4 Å². The molecular formula is C16H12F4N4S2. The van der Waals surface area contributed by atoms with E-state index < -0.39 is 23.3 Å². The van der Waals surface area contributed by atoms with E-state index in [1.807, 2.05) is 0 Å². The minimum absolute atomic E-state index is 0.0925. The summed E-state index contributed by atoms with van der Waals surface area (Å²) in [5, 5.41) is 6.38. The Kier molecular flexibility index (Phi) is 6.04. The largest absolute Gasteiger partial charge is 0.332 e. The van der Waals surface area contributed by atoms with Gasteiger partial charge in [-0.1, -0.05) is 0 Å². The molecular weight excluding hydrogens is 388 g/mol. The Labute approximate surface area is 154 Å². The van der Waals surface area contributed by atoms with E-state index in [1.165, 1.54) is 12.1 Å². The Morgan fingerprint density at radius 2 is 1.12 bits per heavy atom. The number of nitrogens with one attached hydrogen (secondary N) is 2. The fourth-order valence-corrected chi connectivity index (χ4v) is 3.76. The van der Waals surface area contributed by atoms with Crippen LogP contribution in [0.2, 0.25) is 0 Å². The van der Waals surface area contributed by atoms with Crippen LogP contribution in [0.4, 0.5) is 28.9 Å². The minimum Gasteiger partial charge on any atom is -0.332 e. The number of halogens is 4. The summed E-state index contributed by atoms with van der Waals surface area (Å²) < 4.78 is 53.4. The molecule has 1 aliphatic rings. The molecule has 0 atom stereocenters. The van der Waals surface area contributed by atoms with Crippen LogP contribution in [0.3, 0.4) is 0 Å². The molecule has 0 fully saturated rings. The molecule has 4 nitrogen and oxygen atoms in total. The Morgan fingerprint density at radius 1 is 0.692 bits per heavy atom. The van der Waals surface area contributed by atoms with Crippen molar-refractivity contribution in [3.8, 4) is 0 Å². The summed E-state index contributed by atoms with van der Waals surface area (Å²) in [5.74, 6) is -2.81. The monoisotopic (exact) mass is 400 g/mol. The van der Waals surface area contributed by atoms with Gasteiger partial charge >= 0.3 is 0 Å². The SMILES string of the molecule is Fc1ccc(NC2=NCCN=C(Nc3ccc(F)cc3F)SS2)c(F)c1. The number of benzene rings is 2. The van der Waals surface area contributed by atoms with Crippen molar-refractivity contribution < 1.29 is 17.6 Å². The van der Waals surface area contributed by atoms with Gasteiger partial charge in [-0.2, -0.15) is 0 Å². The van der Waals surface area contributed by atoms with E-state index >= 15 is 0 Å². The molecule has 0 aliphatic carbocycles. The van der Waals surface area contributed by atoms with Crippen LogP contribution < -0.4 is 10.6 Å². The second-order valence-corrected chi connectivity index (χ2v) is 7.15. The van der Waals surface area contributed by atoms with Crippen LogP contribution in [0.1, 0.15) is 0 Å². The van der Waals surface area contributed by atoms with Gasteiger partial charge in [0.25, 0.3) is 0 Å². The van der Waals surface area contributed by atoms with E-state index in [2.05, 4.69) is 20.6 Å². The number of rotatable bonds is 2. The molecule has 0 aromatic heterocycles. The second-order valence-electron chi connectivity index (χ2n) is 5.04. The molecule has 136 valence electrons. The molecule has 0 bridgehead atoms. The number of hydrogen-bond acceptors (Lipinski definition) is 6. The highest BCUT2D eigenvalue weighted by Gasteiger charge is 2.13. The van der Waals surface area contributed by atoms with Crippen molar-refractivity contribution in [3.63, 3.8) is 0 Å². The van der Waals surface area contributed by atoms with Crippen LogP contribution in [0.15, 0.2) is 46.4 Å². The van der Waals surface area contributed by atoms with Gasteiger partial charge in [0.2, 0.25) is 0 Å². The fraction of sp³-hybridized carbons (Fsp3) is 0.125. The predicted molar refractivity (Wildman–Crippen MR) is 99.7 cm³/mol. The summed E-state index contributed by atoms with van der Waals surface area (Å²) in [4.78, 5) is 8.48. The molecule has 2 aromatic rings. The fourth-order valence-electron chi connectivity index (χ4n) is 1.97. The first-order chi connectivity index (χ1) is 12.5. The molecule has 0 amide bonds. The van der Waals surface area contributed by atoms with Crippen molar-refractivity contribution >= 4 is 43.3 Å². The average Bonchev–Trinajstić information content (AvgIpc) is 2.57. The summed E-state index contributed by atoms with van der Waals surface area (Å²) in [6.07, 6.45) is 0.